The number of benzene rings is 1. The van der Waals surface area contributed by atoms with Gasteiger partial charge in [-0.1, -0.05) is 41.9 Å². The van der Waals surface area contributed by atoms with E-state index >= 15 is 0 Å². The lowest BCUT2D eigenvalue weighted by Crippen LogP contribution is -2.30. The van der Waals surface area contributed by atoms with Crippen LogP contribution in [0.5, 0.6) is 0 Å². The van der Waals surface area contributed by atoms with Gasteiger partial charge in [-0.2, -0.15) is 5.10 Å². The van der Waals surface area contributed by atoms with E-state index in [1.165, 1.54) is 6.33 Å². The number of ketones is 1. The maximum absolute atomic E-state index is 12.3. The molecule has 19 heavy (non-hydrogen) atoms. The van der Waals surface area contributed by atoms with E-state index in [1.54, 1.807) is 11.0 Å². The molecule has 0 aliphatic rings. The number of aromatic nitrogens is 3. The quantitative estimate of drug-likeness (QED) is 0.850. The third-order valence-electron chi connectivity index (χ3n) is 3.09. The molecule has 100 valence electrons. The van der Waals surface area contributed by atoms with Crippen LogP contribution in [-0.4, -0.2) is 20.5 Å². The van der Waals surface area contributed by atoms with Gasteiger partial charge in [0.15, 0.2) is 5.78 Å². The number of nitrogens with zero attached hydrogens (tertiary/aromatic N) is 3. The van der Waals surface area contributed by atoms with Crippen molar-refractivity contribution in [2.24, 2.45) is 5.41 Å². The standard InChI is InChI=1S/C14H16BrN3O/c1-14(2,7-11-3-5-12(15)6-4-11)13(19)8-18-10-16-9-17-18/h3-6,9-10H,7-8H2,1-2H3. The van der Waals surface area contributed by atoms with Crippen molar-refractivity contribution >= 4 is 21.7 Å². The molecule has 0 amide bonds. The largest absolute Gasteiger partial charge is 0.297 e. The first-order chi connectivity index (χ1) is 8.97. The highest BCUT2D eigenvalue weighted by Crippen LogP contribution is 2.24. The van der Waals surface area contributed by atoms with E-state index in [4.69, 9.17) is 0 Å². The molecule has 0 saturated carbocycles. The highest BCUT2D eigenvalue weighted by atomic mass is 79.9. The number of Topliss-reactive ketones (excluding diaryl/α,β-unsaturated/α-hetero) is 1. The maximum Gasteiger partial charge on any atom is 0.160 e. The molecule has 1 aromatic heterocycles. The summed E-state index contributed by atoms with van der Waals surface area (Å²) in [4.78, 5) is 16.2. The van der Waals surface area contributed by atoms with E-state index in [0.717, 1.165) is 10.0 Å². The van der Waals surface area contributed by atoms with Crippen LogP contribution in [0.3, 0.4) is 0 Å². The third-order valence-corrected chi connectivity index (χ3v) is 3.62. The minimum Gasteiger partial charge on any atom is -0.297 e. The summed E-state index contributed by atoms with van der Waals surface area (Å²) >= 11 is 3.41. The zero-order valence-corrected chi connectivity index (χ0v) is 12.6. The second-order valence-electron chi connectivity index (χ2n) is 5.20. The van der Waals surface area contributed by atoms with E-state index in [-0.39, 0.29) is 12.3 Å². The second kappa shape index (κ2) is 5.65. The minimum atomic E-state index is -0.417. The van der Waals surface area contributed by atoms with Crippen LogP contribution >= 0.6 is 15.9 Å². The van der Waals surface area contributed by atoms with Gasteiger partial charge in [-0.15, -0.1) is 0 Å². The Hall–Kier alpha value is -1.49. The predicted octanol–water partition coefficient (Wildman–Crippen LogP) is 2.88. The zero-order chi connectivity index (χ0) is 13.9. The average Bonchev–Trinajstić information content (AvgIpc) is 2.84. The van der Waals surface area contributed by atoms with Crippen LogP contribution in [0.15, 0.2) is 41.4 Å². The van der Waals surface area contributed by atoms with Crippen molar-refractivity contribution in [3.8, 4) is 0 Å². The van der Waals surface area contributed by atoms with Crippen molar-refractivity contribution < 1.29 is 4.79 Å². The third kappa shape index (κ3) is 3.73. The molecule has 0 atom stereocenters. The van der Waals surface area contributed by atoms with Gasteiger partial charge in [0.25, 0.3) is 0 Å². The molecule has 1 aromatic carbocycles. The molecule has 4 nitrogen and oxygen atoms in total. The molecule has 0 fully saturated rings. The summed E-state index contributed by atoms with van der Waals surface area (Å²) < 4.78 is 2.61. The fourth-order valence-electron chi connectivity index (χ4n) is 1.89. The number of carbonyl (C=O) groups is 1. The summed E-state index contributed by atoms with van der Waals surface area (Å²) in [6.45, 7) is 4.20. The van der Waals surface area contributed by atoms with E-state index < -0.39 is 5.41 Å². The van der Waals surface area contributed by atoms with Gasteiger partial charge in [-0.25, -0.2) is 9.67 Å². The molecule has 0 spiro atoms. The molecule has 0 bridgehead atoms. The van der Waals surface area contributed by atoms with Gasteiger partial charge in [0.2, 0.25) is 0 Å². The Balaban J connectivity index is 2.04. The number of rotatable bonds is 5. The van der Waals surface area contributed by atoms with Crippen LogP contribution in [-0.2, 0) is 17.8 Å². The Kier molecular flexibility index (Phi) is 4.14. The van der Waals surface area contributed by atoms with Gasteiger partial charge in [0.1, 0.15) is 19.2 Å². The molecule has 0 radical (unpaired) electrons. The zero-order valence-electron chi connectivity index (χ0n) is 11.0. The van der Waals surface area contributed by atoms with Gasteiger partial charge >= 0.3 is 0 Å². The molecule has 2 rings (SSSR count). The molecular formula is C14H16BrN3O. The smallest absolute Gasteiger partial charge is 0.160 e. The van der Waals surface area contributed by atoms with Gasteiger partial charge in [-0.05, 0) is 24.1 Å². The topological polar surface area (TPSA) is 47.8 Å². The Labute approximate surface area is 121 Å². The number of hydrogen-bond acceptors (Lipinski definition) is 3. The van der Waals surface area contributed by atoms with Gasteiger partial charge < -0.3 is 0 Å². The first-order valence-corrected chi connectivity index (χ1v) is 6.87. The van der Waals surface area contributed by atoms with Crippen LogP contribution in [0.1, 0.15) is 19.4 Å². The molecule has 0 aliphatic carbocycles. The summed E-state index contributed by atoms with van der Waals surface area (Å²) in [6, 6.07) is 8.06. The van der Waals surface area contributed by atoms with Crippen LogP contribution in [0.4, 0.5) is 0 Å². The Morgan fingerprint density at radius 3 is 2.58 bits per heavy atom. The number of carbonyl (C=O) groups excluding carboxylic acids is 1. The summed E-state index contributed by atoms with van der Waals surface area (Å²) in [5, 5.41) is 3.97. The lowest BCUT2D eigenvalue weighted by Gasteiger charge is -2.23. The van der Waals surface area contributed by atoms with Crippen molar-refractivity contribution in [1.29, 1.82) is 0 Å². The molecule has 0 saturated heterocycles. The van der Waals surface area contributed by atoms with E-state index in [9.17, 15) is 4.79 Å². The summed E-state index contributed by atoms with van der Waals surface area (Å²) in [5.41, 5.74) is 0.736. The number of hydrogen-bond donors (Lipinski definition) is 0. The Morgan fingerprint density at radius 2 is 2.00 bits per heavy atom. The Bertz CT molecular complexity index is 547. The van der Waals surface area contributed by atoms with Gasteiger partial charge in [0, 0.05) is 9.89 Å². The molecule has 5 heteroatoms. The number of halogens is 1. The van der Waals surface area contributed by atoms with Crippen molar-refractivity contribution in [2.75, 3.05) is 0 Å². The second-order valence-corrected chi connectivity index (χ2v) is 6.12. The normalized spacial score (nSPS) is 11.5. The van der Waals surface area contributed by atoms with Gasteiger partial charge in [0.05, 0.1) is 0 Å². The fourth-order valence-corrected chi connectivity index (χ4v) is 2.15. The predicted molar refractivity (Wildman–Crippen MR) is 76.7 cm³/mol. The monoisotopic (exact) mass is 321 g/mol. The van der Waals surface area contributed by atoms with Crippen LogP contribution in [0.2, 0.25) is 0 Å². The molecule has 0 aliphatic heterocycles. The minimum absolute atomic E-state index is 0.154. The fraction of sp³-hybridized carbons (Fsp3) is 0.357. The van der Waals surface area contributed by atoms with Crippen molar-refractivity contribution in [3.05, 3.63) is 47.0 Å². The van der Waals surface area contributed by atoms with E-state index in [0.29, 0.717) is 6.42 Å². The highest BCUT2D eigenvalue weighted by molar-refractivity contribution is 9.10. The molecule has 0 N–H and O–H groups in total. The lowest BCUT2D eigenvalue weighted by molar-refractivity contribution is -0.127. The maximum atomic E-state index is 12.3. The molecular weight excluding hydrogens is 306 g/mol. The SMILES string of the molecule is CC(C)(Cc1ccc(Br)cc1)C(=O)Cn1cncn1. The van der Waals surface area contributed by atoms with Crippen LogP contribution in [0.25, 0.3) is 0 Å². The highest BCUT2D eigenvalue weighted by Gasteiger charge is 2.27. The Morgan fingerprint density at radius 1 is 1.32 bits per heavy atom. The average molecular weight is 322 g/mol. The lowest BCUT2D eigenvalue weighted by atomic mass is 9.81. The molecule has 2 aromatic rings. The van der Waals surface area contributed by atoms with E-state index in [2.05, 4.69) is 26.0 Å². The van der Waals surface area contributed by atoms with Crippen molar-refractivity contribution in [1.82, 2.24) is 14.8 Å². The summed E-state index contributed by atoms with van der Waals surface area (Å²) in [7, 11) is 0. The molecule has 1 heterocycles. The van der Waals surface area contributed by atoms with Gasteiger partial charge in [-0.3, -0.25) is 4.79 Å². The summed E-state index contributed by atoms with van der Waals surface area (Å²) in [5.74, 6) is 0.154. The van der Waals surface area contributed by atoms with Crippen LogP contribution < -0.4 is 0 Å². The first kappa shape index (κ1) is 13.9. The van der Waals surface area contributed by atoms with Crippen molar-refractivity contribution in [3.63, 3.8) is 0 Å². The molecule has 0 unspecified atom stereocenters. The van der Waals surface area contributed by atoms with E-state index in [1.807, 2.05) is 38.1 Å². The van der Waals surface area contributed by atoms with Crippen LogP contribution in [0, 0.1) is 5.41 Å². The first-order valence-electron chi connectivity index (χ1n) is 6.07. The summed E-state index contributed by atoms with van der Waals surface area (Å²) in [6.07, 6.45) is 3.72. The van der Waals surface area contributed by atoms with Crippen molar-refractivity contribution in [2.45, 2.75) is 26.8 Å².